The molecule has 1 saturated carbocycles. The third-order valence-electron chi connectivity index (χ3n) is 3.36. The fourth-order valence-corrected chi connectivity index (χ4v) is 2.22. The molecule has 1 fully saturated rings. The molecule has 1 unspecified atom stereocenters. The van der Waals surface area contributed by atoms with Crippen molar-refractivity contribution in [2.24, 2.45) is 0 Å². The van der Waals surface area contributed by atoms with Crippen LogP contribution in [0.3, 0.4) is 0 Å². The van der Waals surface area contributed by atoms with E-state index in [1.165, 1.54) is 6.42 Å². The second-order valence-corrected chi connectivity index (χ2v) is 4.68. The van der Waals surface area contributed by atoms with E-state index in [0.717, 1.165) is 38.5 Å². The van der Waals surface area contributed by atoms with Crippen LogP contribution in [0.1, 0.15) is 51.9 Å². The van der Waals surface area contributed by atoms with Crippen LogP contribution < -0.4 is 5.32 Å². The zero-order chi connectivity index (χ0) is 11.1. The Morgan fingerprint density at radius 2 is 2.07 bits per heavy atom. The number of hydrogen-bond acceptors (Lipinski definition) is 2. The summed E-state index contributed by atoms with van der Waals surface area (Å²) >= 11 is 0. The van der Waals surface area contributed by atoms with Gasteiger partial charge in [0, 0.05) is 19.0 Å². The van der Waals surface area contributed by atoms with Gasteiger partial charge in [0.15, 0.2) is 0 Å². The minimum atomic E-state index is -0.472. The third kappa shape index (κ3) is 4.24. The zero-order valence-corrected chi connectivity index (χ0v) is 9.76. The molecule has 1 atom stereocenters. The fourth-order valence-electron chi connectivity index (χ4n) is 2.22. The number of nitrogens with one attached hydrogen (secondary N) is 1. The summed E-state index contributed by atoms with van der Waals surface area (Å²) in [6, 6.07) is 0.362. The third-order valence-corrected chi connectivity index (χ3v) is 3.36. The number of rotatable bonds is 5. The van der Waals surface area contributed by atoms with Crippen molar-refractivity contribution in [3.63, 3.8) is 0 Å². The molecule has 2 N–H and O–H groups in total. The molecule has 0 aromatic carbocycles. The van der Waals surface area contributed by atoms with Gasteiger partial charge in [0.1, 0.15) is 0 Å². The molecule has 0 heterocycles. The van der Waals surface area contributed by atoms with Crippen LogP contribution in [0.5, 0.6) is 0 Å². The average Bonchev–Trinajstić information content (AvgIpc) is 2.25. The summed E-state index contributed by atoms with van der Waals surface area (Å²) in [5.74, 6) is 2.67. The molecule has 15 heavy (non-hydrogen) atoms. The van der Waals surface area contributed by atoms with Gasteiger partial charge in [0.05, 0.1) is 5.60 Å². The van der Waals surface area contributed by atoms with E-state index in [4.69, 9.17) is 6.42 Å². The van der Waals surface area contributed by atoms with Crippen molar-refractivity contribution in [2.75, 3.05) is 6.54 Å². The van der Waals surface area contributed by atoms with Gasteiger partial charge in [-0.2, -0.15) is 0 Å². The Kier molecular flexibility index (Phi) is 5.14. The molecule has 0 aromatic heterocycles. The molecule has 0 aliphatic heterocycles. The van der Waals surface area contributed by atoms with Gasteiger partial charge >= 0.3 is 0 Å². The van der Waals surface area contributed by atoms with Crippen LogP contribution in [0, 0.1) is 12.3 Å². The highest BCUT2D eigenvalue weighted by Crippen LogP contribution is 2.27. The van der Waals surface area contributed by atoms with Gasteiger partial charge in [-0.3, -0.25) is 0 Å². The first-order valence-corrected chi connectivity index (χ1v) is 6.09. The summed E-state index contributed by atoms with van der Waals surface area (Å²) in [5, 5.41) is 13.7. The van der Waals surface area contributed by atoms with E-state index in [0.29, 0.717) is 12.6 Å². The van der Waals surface area contributed by atoms with E-state index >= 15 is 0 Å². The first kappa shape index (κ1) is 12.5. The van der Waals surface area contributed by atoms with E-state index in [2.05, 4.69) is 18.2 Å². The van der Waals surface area contributed by atoms with E-state index in [9.17, 15) is 5.11 Å². The molecule has 2 nitrogen and oxygen atoms in total. The minimum Gasteiger partial charge on any atom is -0.389 e. The Balaban J connectivity index is 2.30. The largest absolute Gasteiger partial charge is 0.389 e. The van der Waals surface area contributed by atoms with Crippen LogP contribution in [-0.2, 0) is 0 Å². The van der Waals surface area contributed by atoms with E-state index in [-0.39, 0.29) is 0 Å². The molecular weight excluding hydrogens is 186 g/mol. The highest BCUT2D eigenvalue weighted by molar-refractivity contribution is 4.91. The van der Waals surface area contributed by atoms with Crippen LogP contribution in [-0.4, -0.2) is 23.3 Å². The molecule has 1 rings (SSSR count). The van der Waals surface area contributed by atoms with E-state index < -0.39 is 5.60 Å². The van der Waals surface area contributed by atoms with Crippen LogP contribution in [0.25, 0.3) is 0 Å². The molecule has 0 aromatic rings. The van der Waals surface area contributed by atoms with Crippen LogP contribution >= 0.6 is 0 Å². The molecule has 2 heteroatoms. The van der Waals surface area contributed by atoms with Gasteiger partial charge in [-0.25, -0.2) is 0 Å². The fraction of sp³-hybridized carbons (Fsp3) is 0.846. The van der Waals surface area contributed by atoms with Crippen molar-refractivity contribution in [2.45, 2.75) is 63.5 Å². The predicted octanol–water partition coefficient (Wildman–Crippen LogP) is 2.07. The van der Waals surface area contributed by atoms with Gasteiger partial charge < -0.3 is 10.4 Å². The monoisotopic (exact) mass is 209 g/mol. The average molecular weight is 209 g/mol. The summed E-state index contributed by atoms with van der Waals surface area (Å²) in [4.78, 5) is 0. The van der Waals surface area contributed by atoms with Crippen LogP contribution in [0.2, 0.25) is 0 Å². The molecule has 86 valence electrons. The predicted molar refractivity (Wildman–Crippen MR) is 63.6 cm³/mol. The maximum Gasteiger partial charge on any atom is 0.0771 e. The standard InChI is InChI=1S/C13H23NO/c1-3-8-12(4-2)14-11-13(15)9-6-5-7-10-13/h1,12,14-15H,4-11H2,2H3. The molecule has 0 bridgehead atoms. The second-order valence-electron chi connectivity index (χ2n) is 4.68. The summed E-state index contributed by atoms with van der Waals surface area (Å²) in [6.07, 6.45) is 12.5. The maximum absolute atomic E-state index is 10.3. The van der Waals surface area contributed by atoms with Gasteiger partial charge in [-0.15, -0.1) is 12.3 Å². The Labute approximate surface area is 93.5 Å². The molecule has 1 aliphatic rings. The minimum absolute atomic E-state index is 0.362. The number of aliphatic hydroxyl groups is 1. The molecule has 0 saturated heterocycles. The molecule has 0 radical (unpaired) electrons. The first-order valence-electron chi connectivity index (χ1n) is 6.09. The Morgan fingerprint density at radius 3 is 2.60 bits per heavy atom. The number of terminal acetylenes is 1. The Hall–Kier alpha value is -0.520. The lowest BCUT2D eigenvalue weighted by Crippen LogP contribution is -2.45. The first-order chi connectivity index (χ1) is 7.20. The quantitative estimate of drug-likeness (QED) is 0.679. The van der Waals surface area contributed by atoms with Gasteiger partial charge in [-0.1, -0.05) is 26.2 Å². The van der Waals surface area contributed by atoms with Crippen molar-refractivity contribution in [1.82, 2.24) is 5.32 Å². The SMILES string of the molecule is C#CCC(CC)NCC1(O)CCCCC1. The van der Waals surface area contributed by atoms with Crippen molar-refractivity contribution in [3.8, 4) is 12.3 Å². The number of hydrogen-bond donors (Lipinski definition) is 2. The van der Waals surface area contributed by atoms with Crippen molar-refractivity contribution >= 4 is 0 Å². The lowest BCUT2D eigenvalue weighted by molar-refractivity contribution is 0.00266. The summed E-state index contributed by atoms with van der Waals surface area (Å²) in [7, 11) is 0. The summed E-state index contributed by atoms with van der Waals surface area (Å²) in [6.45, 7) is 2.83. The smallest absolute Gasteiger partial charge is 0.0771 e. The Bertz CT molecular complexity index is 213. The van der Waals surface area contributed by atoms with Gasteiger partial charge in [0.25, 0.3) is 0 Å². The summed E-state index contributed by atoms with van der Waals surface area (Å²) < 4.78 is 0. The van der Waals surface area contributed by atoms with Crippen LogP contribution in [0.15, 0.2) is 0 Å². The zero-order valence-electron chi connectivity index (χ0n) is 9.76. The topological polar surface area (TPSA) is 32.3 Å². The van der Waals surface area contributed by atoms with Crippen molar-refractivity contribution in [1.29, 1.82) is 0 Å². The molecule has 1 aliphatic carbocycles. The molecule has 0 amide bonds. The lowest BCUT2D eigenvalue weighted by atomic mass is 9.84. The van der Waals surface area contributed by atoms with E-state index in [1.807, 2.05) is 0 Å². The molecular formula is C13H23NO. The van der Waals surface area contributed by atoms with E-state index in [1.54, 1.807) is 0 Å². The molecule has 0 spiro atoms. The highest BCUT2D eigenvalue weighted by Gasteiger charge is 2.29. The maximum atomic E-state index is 10.3. The Morgan fingerprint density at radius 1 is 1.40 bits per heavy atom. The van der Waals surface area contributed by atoms with Crippen LogP contribution in [0.4, 0.5) is 0 Å². The van der Waals surface area contributed by atoms with Gasteiger partial charge in [-0.05, 0) is 19.3 Å². The lowest BCUT2D eigenvalue weighted by Gasteiger charge is -2.33. The van der Waals surface area contributed by atoms with Gasteiger partial charge in [0.2, 0.25) is 0 Å². The van der Waals surface area contributed by atoms with Crippen molar-refractivity contribution < 1.29 is 5.11 Å². The van der Waals surface area contributed by atoms with Crippen molar-refractivity contribution in [3.05, 3.63) is 0 Å². The highest BCUT2D eigenvalue weighted by atomic mass is 16.3. The normalized spacial score (nSPS) is 21.9. The summed E-state index contributed by atoms with van der Waals surface area (Å²) in [5.41, 5.74) is -0.472. The second kappa shape index (κ2) is 6.15.